The fraction of sp³-hybridized carbons (Fsp3) is 0.600. The molecule has 0 heterocycles. The van der Waals surface area contributed by atoms with Crippen LogP contribution in [0.3, 0.4) is 0 Å². The van der Waals surface area contributed by atoms with E-state index in [2.05, 4.69) is 46.4 Å². The van der Waals surface area contributed by atoms with Crippen LogP contribution in [-0.2, 0) is 0 Å². The van der Waals surface area contributed by atoms with Crippen molar-refractivity contribution >= 4 is 21.6 Å². The first-order valence-electron chi connectivity index (χ1n) is 6.76. The summed E-state index contributed by atoms with van der Waals surface area (Å²) in [6.07, 6.45) is 8.56. The molecule has 0 amide bonds. The third-order valence-corrected chi connectivity index (χ3v) is 4.29. The molecule has 1 aliphatic rings. The SMILES string of the molecule is Cc1ccc(Br)cc1NCCC1CCCCC1. The topological polar surface area (TPSA) is 12.0 Å². The van der Waals surface area contributed by atoms with E-state index in [1.807, 2.05) is 0 Å². The monoisotopic (exact) mass is 295 g/mol. The first-order valence-corrected chi connectivity index (χ1v) is 7.55. The van der Waals surface area contributed by atoms with Gasteiger partial charge in [0.2, 0.25) is 0 Å². The molecule has 1 aromatic carbocycles. The van der Waals surface area contributed by atoms with Gasteiger partial charge in [0.1, 0.15) is 0 Å². The van der Waals surface area contributed by atoms with Crippen molar-refractivity contribution in [3.8, 4) is 0 Å². The molecule has 1 saturated carbocycles. The van der Waals surface area contributed by atoms with Crippen molar-refractivity contribution in [2.24, 2.45) is 5.92 Å². The highest BCUT2D eigenvalue weighted by atomic mass is 79.9. The highest BCUT2D eigenvalue weighted by Gasteiger charge is 2.12. The van der Waals surface area contributed by atoms with Gasteiger partial charge < -0.3 is 5.32 Å². The van der Waals surface area contributed by atoms with E-state index in [-0.39, 0.29) is 0 Å². The Morgan fingerprint density at radius 1 is 1.24 bits per heavy atom. The van der Waals surface area contributed by atoms with Gasteiger partial charge in [-0.25, -0.2) is 0 Å². The molecule has 0 aromatic heterocycles. The molecule has 1 aromatic rings. The van der Waals surface area contributed by atoms with Crippen molar-refractivity contribution in [3.63, 3.8) is 0 Å². The summed E-state index contributed by atoms with van der Waals surface area (Å²) in [7, 11) is 0. The first-order chi connectivity index (χ1) is 8.25. The quantitative estimate of drug-likeness (QED) is 0.811. The van der Waals surface area contributed by atoms with Crippen LogP contribution in [0.5, 0.6) is 0 Å². The molecule has 0 unspecified atom stereocenters. The standard InChI is InChI=1S/C15H22BrN/c1-12-7-8-14(16)11-15(12)17-10-9-13-5-3-2-4-6-13/h7-8,11,13,17H,2-6,9-10H2,1H3. The molecule has 17 heavy (non-hydrogen) atoms. The number of nitrogens with one attached hydrogen (secondary N) is 1. The van der Waals surface area contributed by atoms with Gasteiger partial charge in [-0.2, -0.15) is 0 Å². The van der Waals surface area contributed by atoms with E-state index in [4.69, 9.17) is 0 Å². The second kappa shape index (κ2) is 6.44. The first kappa shape index (κ1) is 12.9. The van der Waals surface area contributed by atoms with Gasteiger partial charge in [-0.15, -0.1) is 0 Å². The predicted molar refractivity (Wildman–Crippen MR) is 78.6 cm³/mol. The Kier molecular flexibility index (Phi) is 4.90. The molecule has 94 valence electrons. The lowest BCUT2D eigenvalue weighted by molar-refractivity contribution is 0.345. The molecule has 0 spiro atoms. The van der Waals surface area contributed by atoms with E-state index < -0.39 is 0 Å². The molecule has 0 aliphatic heterocycles. The zero-order valence-corrected chi connectivity index (χ0v) is 12.2. The summed E-state index contributed by atoms with van der Waals surface area (Å²) in [6.45, 7) is 3.28. The second-order valence-corrected chi connectivity index (χ2v) is 6.09. The summed E-state index contributed by atoms with van der Waals surface area (Å²) in [6, 6.07) is 6.44. The molecule has 2 heteroatoms. The van der Waals surface area contributed by atoms with Crippen LogP contribution in [-0.4, -0.2) is 6.54 Å². The van der Waals surface area contributed by atoms with Crippen LogP contribution in [0.2, 0.25) is 0 Å². The summed E-state index contributed by atoms with van der Waals surface area (Å²) in [4.78, 5) is 0. The lowest BCUT2D eigenvalue weighted by Crippen LogP contribution is -2.12. The fourth-order valence-corrected chi connectivity index (χ4v) is 3.03. The Balaban J connectivity index is 1.79. The maximum atomic E-state index is 3.57. The lowest BCUT2D eigenvalue weighted by atomic mass is 9.87. The molecule has 2 rings (SSSR count). The molecule has 0 bridgehead atoms. The van der Waals surface area contributed by atoms with Crippen molar-refractivity contribution in [3.05, 3.63) is 28.2 Å². The molecule has 1 N–H and O–H groups in total. The number of benzene rings is 1. The van der Waals surface area contributed by atoms with Gasteiger partial charge >= 0.3 is 0 Å². The molecule has 1 aliphatic carbocycles. The van der Waals surface area contributed by atoms with Crippen molar-refractivity contribution in [2.75, 3.05) is 11.9 Å². The molecule has 0 atom stereocenters. The van der Waals surface area contributed by atoms with Crippen LogP contribution in [0.1, 0.15) is 44.1 Å². The summed E-state index contributed by atoms with van der Waals surface area (Å²) in [5, 5.41) is 3.57. The average Bonchev–Trinajstić information content (AvgIpc) is 2.35. The summed E-state index contributed by atoms with van der Waals surface area (Å²) in [5.41, 5.74) is 2.60. The Morgan fingerprint density at radius 3 is 2.76 bits per heavy atom. The normalized spacial score (nSPS) is 17.1. The third-order valence-electron chi connectivity index (χ3n) is 3.79. The maximum absolute atomic E-state index is 3.57. The van der Waals surface area contributed by atoms with Crippen molar-refractivity contribution in [2.45, 2.75) is 45.4 Å². The minimum Gasteiger partial charge on any atom is -0.385 e. The van der Waals surface area contributed by atoms with Crippen LogP contribution in [0.25, 0.3) is 0 Å². The van der Waals surface area contributed by atoms with Gasteiger partial charge in [-0.3, -0.25) is 0 Å². The highest BCUT2D eigenvalue weighted by molar-refractivity contribution is 9.10. The predicted octanol–water partition coefficient (Wildman–Crippen LogP) is 5.14. The molecule has 0 radical (unpaired) electrons. The largest absolute Gasteiger partial charge is 0.385 e. The van der Waals surface area contributed by atoms with Gasteiger partial charge in [0.25, 0.3) is 0 Å². The highest BCUT2D eigenvalue weighted by Crippen LogP contribution is 2.27. The Hall–Kier alpha value is -0.500. The minimum absolute atomic E-state index is 0.962. The van der Waals surface area contributed by atoms with Gasteiger partial charge in [0.15, 0.2) is 0 Å². The number of hydrogen-bond acceptors (Lipinski definition) is 1. The summed E-state index contributed by atoms with van der Waals surface area (Å²) in [5.74, 6) is 0.962. The van der Waals surface area contributed by atoms with E-state index in [1.165, 1.54) is 49.8 Å². The van der Waals surface area contributed by atoms with E-state index in [1.54, 1.807) is 0 Å². The zero-order valence-electron chi connectivity index (χ0n) is 10.6. The number of anilines is 1. The van der Waals surface area contributed by atoms with E-state index >= 15 is 0 Å². The molecule has 1 nitrogen and oxygen atoms in total. The lowest BCUT2D eigenvalue weighted by Gasteiger charge is -2.22. The van der Waals surface area contributed by atoms with Crippen molar-refractivity contribution in [1.82, 2.24) is 0 Å². The van der Waals surface area contributed by atoms with Crippen LogP contribution in [0.15, 0.2) is 22.7 Å². The average molecular weight is 296 g/mol. The van der Waals surface area contributed by atoms with Gasteiger partial charge in [0, 0.05) is 16.7 Å². The number of halogens is 1. The van der Waals surface area contributed by atoms with Crippen LogP contribution < -0.4 is 5.32 Å². The van der Waals surface area contributed by atoms with Crippen LogP contribution in [0.4, 0.5) is 5.69 Å². The van der Waals surface area contributed by atoms with E-state index in [0.717, 1.165) is 16.9 Å². The van der Waals surface area contributed by atoms with Crippen LogP contribution in [0, 0.1) is 12.8 Å². The van der Waals surface area contributed by atoms with Gasteiger partial charge in [-0.05, 0) is 37.0 Å². The zero-order chi connectivity index (χ0) is 12.1. The molecule has 1 fully saturated rings. The number of hydrogen-bond donors (Lipinski definition) is 1. The minimum atomic E-state index is 0.962. The molecule has 0 saturated heterocycles. The summed E-state index contributed by atoms with van der Waals surface area (Å²) < 4.78 is 1.16. The number of aryl methyl sites for hydroxylation is 1. The van der Waals surface area contributed by atoms with Crippen molar-refractivity contribution in [1.29, 1.82) is 0 Å². The van der Waals surface area contributed by atoms with Crippen LogP contribution >= 0.6 is 15.9 Å². The summed E-state index contributed by atoms with van der Waals surface area (Å²) >= 11 is 3.52. The maximum Gasteiger partial charge on any atom is 0.0381 e. The molecular weight excluding hydrogens is 274 g/mol. The van der Waals surface area contributed by atoms with Gasteiger partial charge in [-0.1, -0.05) is 54.1 Å². The third kappa shape index (κ3) is 4.02. The van der Waals surface area contributed by atoms with E-state index in [0.29, 0.717) is 0 Å². The smallest absolute Gasteiger partial charge is 0.0381 e. The Morgan fingerprint density at radius 2 is 2.00 bits per heavy atom. The second-order valence-electron chi connectivity index (χ2n) is 5.18. The van der Waals surface area contributed by atoms with E-state index in [9.17, 15) is 0 Å². The Bertz CT molecular complexity index is 356. The Labute approximate surface area is 113 Å². The number of rotatable bonds is 4. The molecular formula is C15H22BrN. The van der Waals surface area contributed by atoms with Crippen molar-refractivity contribution < 1.29 is 0 Å². The van der Waals surface area contributed by atoms with Gasteiger partial charge in [0.05, 0.1) is 0 Å². The fourth-order valence-electron chi connectivity index (χ4n) is 2.67.